The second-order valence-corrected chi connectivity index (χ2v) is 6.99. The molecule has 1 aromatic carbocycles. The third-order valence-electron chi connectivity index (χ3n) is 3.80. The molecule has 2 aromatic heterocycles. The van der Waals surface area contributed by atoms with E-state index in [9.17, 15) is 9.18 Å². The van der Waals surface area contributed by atoms with Crippen molar-refractivity contribution in [2.75, 3.05) is 5.73 Å². The number of halogens is 1. The Hall–Kier alpha value is -2.47. The first-order valence-electron chi connectivity index (χ1n) is 7.62. The number of hydrogen-bond donors (Lipinski definition) is 1. The Bertz CT molecular complexity index is 942. The van der Waals surface area contributed by atoms with Crippen LogP contribution >= 0.6 is 11.3 Å². The Morgan fingerprint density at radius 1 is 1.21 bits per heavy atom. The molecule has 3 rings (SSSR count). The quantitative estimate of drug-likeness (QED) is 0.773. The van der Waals surface area contributed by atoms with Gasteiger partial charge in [-0.05, 0) is 51.1 Å². The van der Waals surface area contributed by atoms with E-state index in [1.54, 1.807) is 23.6 Å². The first-order chi connectivity index (χ1) is 11.4. The molecule has 124 valence electrons. The molecule has 0 aliphatic rings. The maximum atomic E-state index is 13.2. The van der Waals surface area contributed by atoms with E-state index >= 15 is 0 Å². The zero-order chi connectivity index (χ0) is 17.4. The molecule has 0 saturated carbocycles. The standard InChI is InChI=1S/C18H18FN3OS/c1-10(2)22-9-13(8-11(3)17(22)23)16-15(21-18(20)24-16)12-4-6-14(19)7-5-12/h4-10H,1-3H3,(H2,20,21). The second-order valence-electron chi connectivity index (χ2n) is 5.95. The highest BCUT2D eigenvalue weighted by Gasteiger charge is 2.16. The molecule has 0 atom stereocenters. The molecule has 0 fully saturated rings. The third kappa shape index (κ3) is 2.97. The summed E-state index contributed by atoms with van der Waals surface area (Å²) in [5.74, 6) is -0.298. The topological polar surface area (TPSA) is 60.9 Å². The van der Waals surface area contributed by atoms with Crippen molar-refractivity contribution in [1.82, 2.24) is 9.55 Å². The van der Waals surface area contributed by atoms with Gasteiger partial charge >= 0.3 is 0 Å². The molecule has 0 radical (unpaired) electrons. The molecule has 0 unspecified atom stereocenters. The van der Waals surface area contributed by atoms with Crippen LogP contribution in [0.1, 0.15) is 25.5 Å². The van der Waals surface area contributed by atoms with Crippen LogP contribution in [0.4, 0.5) is 9.52 Å². The van der Waals surface area contributed by atoms with Crippen molar-refractivity contribution in [1.29, 1.82) is 0 Å². The second kappa shape index (κ2) is 6.20. The van der Waals surface area contributed by atoms with E-state index in [2.05, 4.69) is 4.98 Å². The summed E-state index contributed by atoms with van der Waals surface area (Å²) < 4.78 is 14.9. The lowest BCUT2D eigenvalue weighted by atomic mass is 10.1. The van der Waals surface area contributed by atoms with Gasteiger partial charge in [0.05, 0.1) is 10.6 Å². The van der Waals surface area contributed by atoms with Crippen LogP contribution in [0, 0.1) is 12.7 Å². The minimum atomic E-state index is -0.298. The maximum Gasteiger partial charge on any atom is 0.253 e. The number of rotatable bonds is 3. The fourth-order valence-corrected chi connectivity index (χ4v) is 3.42. The van der Waals surface area contributed by atoms with Crippen LogP contribution in [0.25, 0.3) is 21.7 Å². The van der Waals surface area contributed by atoms with Crippen molar-refractivity contribution in [2.24, 2.45) is 0 Å². The molecule has 0 spiro atoms. The van der Waals surface area contributed by atoms with Gasteiger partial charge in [0.1, 0.15) is 5.82 Å². The van der Waals surface area contributed by atoms with Gasteiger partial charge in [-0.25, -0.2) is 9.37 Å². The molecule has 3 aromatic rings. The van der Waals surface area contributed by atoms with E-state index in [0.717, 1.165) is 16.0 Å². The Morgan fingerprint density at radius 2 is 1.88 bits per heavy atom. The summed E-state index contributed by atoms with van der Waals surface area (Å²) in [6, 6.07) is 8.05. The third-order valence-corrected chi connectivity index (χ3v) is 4.74. The van der Waals surface area contributed by atoms with Crippen LogP contribution in [0.2, 0.25) is 0 Å². The predicted octanol–water partition coefficient (Wildman–Crippen LogP) is 4.25. The zero-order valence-electron chi connectivity index (χ0n) is 13.7. The summed E-state index contributed by atoms with van der Waals surface area (Å²) >= 11 is 1.36. The van der Waals surface area contributed by atoms with Crippen LogP contribution in [0.15, 0.2) is 41.3 Å². The van der Waals surface area contributed by atoms with Gasteiger partial charge in [-0.2, -0.15) is 0 Å². The smallest absolute Gasteiger partial charge is 0.253 e. The number of nitrogen functional groups attached to an aromatic ring is 1. The van der Waals surface area contributed by atoms with E-state index in [-0.39, 0.29) is 17.4 Å². The van der Waals surface area contributed by atoms with Crippen molar-refractivity contribution >= 4 is 16.5 Å². The molecule has 4 nitrogen and oxygen atoms in total. The lowest BCUT2D eigenvalue weighted by molar-refractivity contribution is 0.576. The molecule has 2 N–H and O–H groups in total. The molecule has 0 amide bonds. The van der Waals surface area contributed by atoms with E-state index in [1.165, 1.54) is 23.5 Å². The number of anilines is 1. The average molecular weight is 343 g/mol. The van der Waals surface area contributed by atoms with E-state index in [0.29, 0.717) is 16.4 Å². The SMILES string of the molecule is Cc1cc(-c2sc(N)nc2-c2ccc(F)cc2)cn(C(C)C)c1=O. The first-order valence-corrected chi connectivity index (χ1v) is 8.44. The van der Waals surface area contributed by atoms with Gasteiger partial charge in [0.15, 0.2) is 5.13 Å². The number of hydrogen-bond acceptors (Lipinski definition) is 4. The van der Waals surface area contributed by atoms with Crippen molar-refractivity contribution in [3.63, 3.8) is 0 Å². The molecule has 6 heteroatoms. The fraction of sp³-hybridized carbons (Fsp3) is 0.222. The number of benzene rings is 1. The van der Waals surface area contributed by atoms with Gasteiger partial charge in [0.25, 0.3) is 5.56 Å². The van der Waals surface area contributed by atoms with Gasteiger partial charge in [-0.3, -0.25) is 4.79 Å². The molecular weight excluding hydrogens is 325 g/mol. The largest absolute Gasteiger partial charge is 0.375 e. The normalized spacial score (nSPS) is 11.2. The Balaban J connectivity index is 2.21. The average Bonchev–Trinajstić information content (AvgIpc) is 2.92. The number of aromatic nitrogens is 2. The number of pyridine rings is 1. The Kier molecular flexibility index (Phi) is 4.24. The monoisotopic (exact) mass is 343 g/mol. The zero-order valence-corrected chi connectivity index (χ0v) is 14.5. The molecule has 0 aliphatic heterocycles. The first kappa shape index (κ1) is 16.4. The van der Waals surface area contributed by atoms with Crippen molar-refractivity contribution < 1.29 is 4.39 Å². The lowest BCUT2D eigenvalue weighted by Crippen LogP contribution is -2.23. The summed E-state index contributed by atoms with van der Waals surface area (Å²) in [5.41, 5.74) is 8.95. The highest BCUT2D eigenvalue weighted by molar-refractivity contribution is 7.19. The van der Waals surface area contributed by atoms with Gasteiger partial charge in [-0.1, -0.05) is 11.3 Å². The fourth-order valence-electron chi connectivity index (χ4n) is 2.59. The summed E-state index contributed by atoms with van der Waals surface area (Å²) in [6.07, 6.45) is 1.83. The molecule has 0 bridgehead atoms. The van der Waals surface area contributed by atoms with E-state index < -0.39 is 0 Å². The predicted molar refractivity (Wildman–Crippen MR) is 96.7 cm³/mol. The Morgan fingerprint density at radius 3 is 2.50 bits per heavy atom. The number of nitrogens with zero attached hydrogens (tertiary/aromatic N) is 2. The molecule has 24 heavy (non-hydrogen) atoms. The summed E-state index contributed by atoms with van der Waals surface area (Å²) in [6.45, 7) is 5.73. The van der Waals surface area contributed by atoms with Crippen LogP contribution in [0.5, 0.6) is 0 Å². The molecule has 2 heterocycles. The number of nitrogens with two attached hydrogens (primary N) is 1. The Labute approximate surface area is 143 Å². The minimum absolute atomic E-state index is 0.00503. The van der Waals surface area contributed by atoms with Gasteiger partial charge < -0.3 is 10.3 Å². The maximum absolute atomic E-state index is 13.2. The molecule has 0 aliphatic carbocycles. The van der Waals surface area contributed by atoms with Gasteiger partial charge in [-0.15, -0.1) is 0 Å². The van der Waals surface area contributed by atoms with Crippen LogP contribution in [-0.2, 0) is 0 Å². The van der Waals surface area contributed by atoms with Crippen molar-refractivity contribution in [3.05, 3.63) is 58.3 Å². The van der Waals surface area contributed by atoms with Crippen LogP contribution in [0.3, 0.4) is 0 Å². The van der Waals surface area contributed by atoms with Gasteiger partial charge in [0.2, 0.25) is 0 Å². The minimum Gasteiger partial charge on any atom is -0.375 e. The van der Waals surface area contributed by atoms with E-state index in [4.69, 9.17) is 5.73 Å². The summed E-state index contributed by atoms with van der Waals surface area (Å²) in [7, 11) is 0. The van der Waals surface area contributed by atoms with Gasteiger partial charge in [0, 0.05) is 28.9 Å². The lowest BCUT2D eigenvalue weighted by Gasteiger charge is -2.13. The summed E-state index contributed by atoms with van der Waals surface area (Å²) in [5, 5.41) is 0.435. The highest BCUT2D eigenvalue weighted by atomic mass is 32.1. The van der Waals surface area contributed by atoms with Crippen molar-refractivity contribution in [3.8, 4) is 21.7 Å². The van der Waals surface area contributed by atoms with Crippen LogP contribution < -0.4 is 11.3 Å². The molecule has 0 saturated heterocycles. The van der Waals surface area contributed by atoms with Crippen LogP contribution in [-0.4, -0.2) is 9.55 Å². The number of aryl methyl sites for hydroxylation is 1. The highest BCUT2D eigenvalue weighted by Crippen LogP contribution is 2.38. The number of thiazole rings is 1. The van der Waals surface area contributed by atoms with Crippen molar-refractivity contribution in [2.45, 2.75) is 26.8 Å². The van der Waals surface area contributed by atoms with E-state index in [1.807, 2.05) is 26.1 Å². The summed E-state index contributed by atoms with van der Waals surface area (Å²) in [4.78, 5) is 17.5. The molecular formula is C18H18FN3OS.